The fourth-order valence-corrected chi connectivity index (χ4v) is 6.21. The standard InChI is InChI=1S/C29H31NO8S/c1-4-36-28(31)18-37-27-16-22-20(15-26(27)35-3)12-13-30-17-23-19(14-24(22)30)10-11-25(34-2)29(23)38-39(32,33)21-8-6-5-7-9-21/h5-11,15-16,24H,4,12-14,17-18H2,1-3H3. The third-order valence-electron chi connectivity index (χ3n) is 7.09. The number of benzene rings is 3. The Labute approximate surface area is 228 Å². The largest absolute Gasteiger partial charge is 0.493 e. The van der Waals surface area contributed by atoms with E-state index in [1.54, 1.807) is 38.3 Å². The van der Waals surface area contributed by atoms with Crippen molar-refractivity contribution in [2.75, 3.05) is 34.0 Å². The van der Waals surface area contributed by atoms with Crippen molar-refractivity contribution in [2.24, 2.45) is 0 Å². The second kappa shape index (κ2) is 11.2. The van der Waals surface area contributed by atoms with Crippen molar-refractivity contribution in [1.82, 2.24) is 4.90 Å². The van der Waals surface area contributed by atoms with Gasteiger partial charge in [-0.05, 0) is 66.8 Å². The van der Waals surface area contributed by atoms with Gasteiger partial charge >= 0.3 is 16.1 Å². The molecule has 0 N–H and O–H groups in total. The van der Waals surface area contributed by atoms with Crippen LogP contribution >= 0.6 is 0 Å². The molecule has 0 amide bonds. The molecular weight excluding hydrogens is 522 g/mol. The number of carbonyl (C=O) groups excluding carboxylic acids is 1. The Morgan fingerprint density at radius 2 is 1.74 bits per heavy atom. The van der Waals surface area contributed by atoms with Crippen molar-refractivity contribution in [3.8, 4) is 23.0 Å². The highest BCUT2D eigenvalue weighted by atomic mass is 32.2. The summed E-state index contributed by atoms with van der Waals surface area (Å²) in [5, 5.41) is 0. The summed E-state index contributed by atoms with van der Waals surface area (Å²) in [5.41, 5.74) is 4.01. The molecule has 0 aliphatic carbocycles. The average Bonchev–Trinajstić information content (AvgIpc) is 2.95. The summed E-state index contributed by atoms with van der Waals surface area (Å²) >= 11 is 0. The van der Waals surface area contributed by atoms with E-state index < -0.39 is 16.1 Å². The van der Waals surface area contributed by atoms with Crippen molar-refractivity contribution in [2.45, 2.75) is 37.2 Å². The van der Waals surface area contributed by atoms with Crippen molar-refractivity contribution in [3.63, 3.8) is 0 Å². The minimum atomic E-state index is -4.06. The van der Waals surface area contributed by atoms with Crippen LogP contribution < -0.4 is 18.4 Å². The van der Waals surface area contributed by atoms with Gasteiger partial charge in [0.25, 0.3) is 0 Å². The van der Waals surface area contributed by atoms with Crippen molar-refractivity contribution in [1.29, 1.82) is 0 Å². The monoisotopic (exact) mass is 553 g/mol. The van der Waals surface area contributed by atoms with Gasteiger partial charge in [0.05, 0.1) is 20.8 Å². The summed E-state index contributed by atoms with van der Waals surface area (Å²) in [5.74, 6) is 1.18. The van der Waals surface area contributed by atoms with Crippen molar-refractivity contribution < 1.29 is 36.3 Å². The number of carbonyl (C=O) groups is 1. The molecule has 10 heteroatoms. The summed E-state index contributed by atoms with van der Waals surface area (Å²) in [4.78, 5) is 14.3. The quantitative estimate of drug-likeness (QED) is 0.287. The van der Waals surface area contributed by atoms with Crippen LogP contribution in [0.4, 0.5) is 0 Å². The molecule has 5 rings (SSSR count). The summed E-state index contributed by atoms with van der Waals surface area (Å²) in [6.45, 7) is 3.07. The Bertz CT molecular complexity index is 1470. The zero-order valence-corrected chi connectivity index (χ0v) is 23.0. The van der Waals surface area contributed by atoms with Crippen LogP contribution in [0.1, 0.15) is 35.2 Å². The molecule has 0 aromatic heterocycles. The highest BCUT2D eigenvalue weighted by Crippen LogP contribution is 2.46. The van der Waals surface area contributed by atoms with E-state index >= 15 is 0 Å². The Kier molecular flexibility index (Phi) is 7.67. The van der Waals surface area contributed by atoms with Gasteiger partial charge in [-0.2, -0.15) is 8.42 Å². The van der Waals surface area contributed by atoms with E-state index in [1.807, 2.05) is 18.2 Å². The van der Waals surface area contributed by atoms with Gasteiger partial charge in [0, 0.05) is 24.7 Å². The number of methoxy groups -OCH3 is 2. The first-order chi connectivity index (χ1) is 18.8. The zero-order valence-electron chi connectivity index (χ0n) is 22.1. The first kappa shape index (κ1) is 26.8. The van der Waals surface area contributed by atoms with E-state index in [0.29, 0.717) is 30.2 Å². The molecule has 9 nitrogen and oxygen atoms in total. The summed E-state index contributed by atoms with van der Waals surface area (Å²) in [7, 11) is -0.985. The number of fused-ring (bicyclic) bond motifs is 4. The Morgan fingerprint density at radius 1 is 0.974 bits per heavy atom. The van der Waals surface area contributed by atoms with E-state index in [1.165, 1.54) is 19.2 Å². The SMILES string of the molecule is CCOC(=O)COc1cc2c(cc1OC)CCN1Cc3c(ccc(OC)c3OS(=O)(=O)c3ccccc3)CC21. The molecular formula is C29H31NO8S. The Morgan fingerprint density at radius 3 is 2.46 bits per heavy atom. The van der Waals surface area contributed by atoms with Gasteiger partial charge in [0.1, 0.15) is 4.90 Å². The predicted octanol–water partition coefficient (Wildman–Crippen LogP) is 4.07. The minimum absolute atomic E-state index is 0.0316. The third kappa shape index (κ3) is 5.39. The minimum Gasteiger partial charge on any atom is -0.493 e. The van der Waals surface area contributed by atoms with Gasteiger partial charge in [-0.15, -0.1) is 0 Å². The molecule has 1 atom stereocenters. The highest BCUT2D eigenvalue weighted by molar-refractivity contribution is 7.87. The summed E-state index contributed by atoms with van der Waals surface area (Å²) < 4.78 is 53.8. The number of nitrogens with zero attached hydrogens (tertiary/aromatic N) is 1. The molecule has 0 fully saturated rings. The molecule has 0 bridgehead atoms. The molecule has 0 saturated carbocycles. The van der Waals surface area contributed by atoms with E-state index in [-0.39, 0.29) is 29.9 Å². The fraction of sp³-hybridized carbons (Fsp3) is 0.345. The van der Waals surface area contributed by atoms with Crippen LogP contribution in [-0.2, 0) is 39.0 Å². The van der Waals surface area contributed by atoms with E-state index in [4.69, 9.17) is 23.1 Å². The lowest BCUT2D eigenvalue weighted by Gasteiger charge is -2.42. The molecule has 2 heterocycles. The number of ether oxygens (including phenoxy) is 4. The molecule has 39 heavy (non-hydrogen) atoms. The first-order valence-corrected chi connectivity index (χ1v) is 14.2. The van der Waals surface area contributed by atoms with Gasteiger partial charge in [-0.1, -0.05) is 24.3 Å². The third-order valence-corrected chi connectivity index (χ3v) is 8.32. The molecule has 3 aromatic carbocycles. The molecule has 206 valence electrons. The van der Waals surface area contributed by atoms with Crippen LogP contribution in [0.5, 0.6) is 23.0 Å². The predicted molar refractivity (Wildman–Crippen MR) is 143 cm³/mol. The number of rotatable bonds is 9. The fourth-order valence-electron chi connectivity index (χ4n) is 5.22. The average molecular weight is 554 g/mol. The first-order valence-electron chi connectivity index (χ1n) is 12.8. The van der Waals surface area contributed by atoms with Gasteiger partial charge in [0.15, 0.2) is 29.6 Å². The highest BCUT2D eigenvalue weighted by Gasteiger charge is 2.36. The molecule has 0 radical (unpaired) electrons. The maximum atomic E-state index is 13.1. The van der Waals surface area contributed by atoms with E-state index in [0.717, 1.165) is 35.2 Å². The van der Waals surface area contributed by atoms with Crippen molar-refractivity contribution >= 4 is 16.1 Å². The van der Waals surface area contributed by atoms with Crippen LogP contribution in [0.2, 0.25) is 0 Å². The van der Waals surface area contributed by atoms with E-state index in [9.17, 15) is 13.2 Å². The van der Waals surface area contributed by atoms with Crippen LogP contribution in [0.25, 0.3) is 0 Å². The second-order valence-corrected chi connectivity index (χ2v) is 10.9. The van der Waals surface area contributed by atoms with Gasteiger partial charge < -0.3 is 23.1 Å². The summed E-state index contributed by atoms with van der Waals surface area (Å²) in [6.07, 6.45) is 1.41. The zero-order chi connectivity index (χ0) is 27.6. The normalized spacial score (nSPS) is 16.3. The smallest absolute Gasteiger partial charge is 0.344 e. The number of hydrogen-bond acceptors (Lipinski definition) is 9. The molecule has 2 aliphatic heterocycles. The van der Waals surface area contributed by atoms with Gasteiger partial charge in [-0.3, -0.25) is 4.90 Å². The van der Waals surface area contributed by atoms with Crippen molar-refractivity contribution in [3.05, 3.63) is 76.9 Å². The van der Waals surface area contributed by atoms with Crippen LogP contribution in [0.3, 0.4) is 0 Å². The Hall–Kier alpha value is -3.76. The van der Waals surface area contributed by atoms with Crippen LogP contribution in [0, 0.1) is 0 Å². The topological polar surface area (TPSA) is 101 Å². The van der Waals surface area contributed by atoms with Gasteiger partial charge in [-0.25, -0.2) is 4.79 Å². The van der Waals surface area contributed by atoms with Crippen LogP contribution in [0.15, 0.2) is 59.5 Å². The Balaban J connectivity index is 1.48. The maximum absolute atomic E-state index is 13.1. The lowest BCUT2D eigenvalue weighted by Crippen LogP contribution is -2.39. The summed E-state index contributed by atoms with van der Waals surface area (Å²) in [6, 6.07) is 15.7. The molecule has 3 aromatic rings. The number of esters is 1. The number of hydrogen-bond donors (Lipinski definition) is 0. The molecule has 0 saturated heterocycles. The van der Waals surface area contributed by atoms with E-state index in [2.05, 4.69) is 4.90 Å². The molecule has 1 unspecified atom stereocenters. The second-order valence-electron chi connectivity index (χ2n) is 9.32. The lowest BCUT2D eigenvalue weighted by atomic mass is 9.83. The van der Waals surface area contributed by atoms with Crippen LogP contribution in [-0.4, -0.2) is 53.3 Å². The van der Waals surface area contributed by atoms with Gasteiger partial charge in [0.2, 0.25) is 0 Å². The molecule has 2 aliphatic rings. The maximum Gasteiger partial charge on any atom is 0.344 e. The molecule has 0 spiro atoms. The lowest BCUT2D eigenvalue weighted by molar-refractivity contribution is -0.145.